The van der Waals surface area contributed by atoms with Crippen molar-refractivity contribution < 1.29 is 23.5 Å². The molecule has 0 saturated heterocycles. The largest absolute Gasteiger partial charge is 0.393 e. The van der Waals surface area contributed by atoms with E-state index >= 15 is 8.78 Å². The quantitative estimate of drug-likeness (QED) is 0.180. The minimum Gasteiger partial charge on any atom is -0.393 e. The third kappa shape index (κ3) is 6.34. The Labute approximate surface area is 236 Å². The van der Waals surface area contributed by atoms with Gasteiger partial charge in [-0.2, -0.15) is 0 Å². The van der Waals surface area contributed by atoms with Crippen LogP contribution in [0.25, 0.3) is 22.0 Å². The first kappa shape index (κ1) is 28.1. The summed E-state index contributed by atoms with van der Waals surface area (Å²) in [5.74, 6) is -2.35. The van der Waals surface area contributed by atoms with Crippen LogP contribution in [0.5, 0.6) is 0 Å². The summed E-state index contributed by atoms with van der Waals surface area (Å²) in [7, 11) is 0. The van der Waals surface area contributed by atoms with E-state index in [1.807, 2.05) is 30.3 Å². The third-order valence-corrected chi connectivity index (χ3v) is 7.13. The van der Waals surface area contributed by atoms with Gasteiger partial charge in [0.1, 0.15) is 11.6 Å². The molecule has 8 nitrogen and oxygen atoms in total. The molecule has 2 amide bonds. The minimum atomic E-state index is -0.783. The van der Waals surface area contributed by atoms with Crippen LogP contribution in [0.3, 0.4) is 0 Å². The number of aromatic nitrogens is 1. The van der Waals surface area contributed by atoms with E-state index in [-0.39, 0.29) is 34.2 Å². The first-order valence-electron chi connectivity index (χ1n) is 13.6. The number of carbonyl (C=O) groups is 2. The number of nitrogens with one attached hydrogen (secondary N) is 3. The number of para-hydroxylation sites is 1. The molecular weight excluding hydrogens is 528 g/mol. The average Bonchev–Trinajstić information content (AvgIpc) is 2.94. The molecular formula is C31H31F2N5O3. The van der Waals surface area contributed by atoms with Gasteiger partial charge in [-0.3, -0.25) is 14.6 Å². The summed E-state index contributed by atoms with van der Waals surface area (Å²) in [5, 5.41) is 18.9. The van der Waals surface area contributed by atoms with Crippen molar-refractivity contribution in [1.82, 2.24) is 15.6 Å². The topological polar surface area (TPSA) is 129 Å². The number of rotatable bonds is 10. The van der Waals surface area contributed by atoms with Crippen molar-refractivity contribution in [2.24, 2.45) is 5.73 Å². The van der Waals surface area contributed by atoms with Gasteiger partial charge in [0.15, 0.2) is 0 Å². The van der Waals surface area contributed by atoms with E-state index in [0.717, 1.165) is 12.5 Å². The van der Waals surface area contributed by atoms with Crippen LogP contribution in [-0.4, -0.2) is 47.1 Å². The Morgan fingerprint density at radius 1 is 0.951 bits per heavy atom. The van der Waals surface area contributed by atoms with Crippen molar-refractivity contribution in [3.8, 4) is 11.1 Å². The van der Waals surface area contributed by atoms with Gasteiger partial charge < -0.3 is 26.8 Å². The zero-order valence-corrected chi connectivity index (χ0v) is 22.3. The van der Waals surface area contributed by atoms with E-state index in [1.54, 1.807) is 0 Å². The van der Waals surface area contributed by atoms with Crippen molar-refractivity contribution in [2.45, 2.75) is 37.8 Å². The predicted octanol–water partition coefficient (Wildman–Crippen LogP) is 4.65. The molecule has 4 aromatic rings. The Balaban J connectivity index is 1.52. The van der Waals surface area contributed by atoms with Crippen molar-refractivity contribution in [1.29, 1.82) is 0 Å². The molecule has 1 fully saturated rings. The second-order valence-corrected chi connectivity index (χ2v) is 10.1. The van der Waals surface area contributed by atoms with Crippen molar-refractivity contribution in [3.63, 3.8) is 0 Å². The van der Waals surface area contributed by atoms with Gasteiger partial charge in [0.25, 0.3) is 11.8 Å². The number of benzene rings is 3. The molecule has 0 unspecified atom stereocenters. The highest BCUT2D eigenvalue weighted by molar-refractivity contribution is 6.09. The fourth-order valence-corrected chi connectivity index (χ4v) is 4.81. The number of nitrogens with two attached hydrogens (primary N) is 1. The Kier molecular flexibility index (Phi) is 8.51. The maximum atomic E-state index is 15.3. The van der Waals surface area contributed by atoms with Crippen LogP contribution < -0.4 is 21.7 Å². The SMILES string of the molecule is NCCCCNC(=O)c1ccc(-c2cc3c(Nc4ccccc4)c(C(=O)NC4CC(O)C4)cnc3cc2F)cc1F. The fourth-order valence-electron chi connectivity index (χ4n) is 4.81. The number of hydrogen-bond donors (Lipinski definition) is 5. The lowest BCUT2D eigenvalue weighted by atomic mass is 9.89. The molecule has 0 spiro atoms. The summed E-state index contributed by atoms with van der Waals surface area (Å²) in [5.41, 5.74) is 7.29. The number of halogens is 2. The lowest BCUT2D eigenvalue weighted by Gasteiger charge is -2.32. The number of nitrogens with zero attached hydrogens (tertiary/aromatic N) is 1. The minimum absolute atomic E-state index is 0.0869. The molecule has 0 aliphatic heterocycles. The number of carbonyl (C=O) groups excluding carboxylic acids is 2. The van der Waals surface area contributed by atoms with E-state index in [1.165, 1.54) is 30.5 Å². The molecule has 212 valence electrons. The Hall–Kier alpha value is -4.41. The Bertz CT molecular complexity index is 1580. The summed E-state index contributed by atoms with van der Waals surface area (Å²) in [4.78, 5) is 30.0. The summed E-state index contributed by atoms with van der Waals surface area (Å²) >= 11 is 0. The van der Waals surface area contributed by atoms with Gasteiger partial charge >= 0.3 is 0 Å². The van der Waals surface area contributed by atoms with Crippen molar-refractivity contribution >= 4 is 34.1 Å². The van der Waals surface area contributed by atoms with Crippen LogP contribution in [0.1, 0.15) is 46.4 Å². The molecule has 1 aliphatic rings. The molecule has 1 aromatic heterocycles. The maximum Gasteiger partial charge on any atom is 0.255 e. The standard InChI is InChI=1S/C31H31F2N5O3/c32-26-12-18(8-9-22(26)30(40)35-11-5-4-10-34)23-15-24-28(16-27(23)33)36-17-25(31(41)38-20-13-21(39)14-20)29(24)37-19-6-2-1-3-7-19/h1-3,6-9,12,15-17,20-21,39H,4-5,10-11,13-14,34H2,(H,35,40)(H,36,37)(H,38,41). The van der Waals surface area contributed by atoms with E-state index in [2.05, 4.69) is 20.9 Å². The van der Waals surface area contributed by atoms with Crippen LogP contribution >= 0.6 is 0 Å². The third-order valence-electron chi connectivity index (χ3n) is 7.13. The maximum absolute atomic E-state index is 15.3. The molecule has 6 N–H and O–H groups in total. The first-order valence-corrected chi connectivity index (χ1v) is 13.6. The Morgan fingerprint density at radius 2 is 1.73 bits per heavy atom. The van der Waals surface area contributed by atoms with Crippen LogP contribution in [0, 0.1) is 11.6 Å². The normalized spacial score (nSPS) is 16.2. The van der Waals surface area contributed by atoms with Gasteiger partial charge in [-0.1, -0.05) is 24.3 Å². The molecule has 10 heteroatoms. The smallest absolute Gasteiger partial charge is 0.255 e. The van der Waals surface area contributed by atoms with Gasteiger partial charge in [-0.25, -0.2) is 8.78 Å². The fraction of sp³-hybridized carbons (Fsp3) is 0.258. The zero-order valence-electron chi connectivity index (χ0n) is 22.3. The predicted molar refractivity (Wildman–Crippen MR) is 154 cm³/mol. The van der Waals surface area contributed by atoms with Gasteiger partial charge in [-0.15, -0.1) is 0 Å². The molecule has 5 rings (SSSR count). The number of fused-ring (bicyclic) bond motifs is 1. The molecule has 1 heterocycles. The van der Waals surface area contributed by atoms with Crippen LogP contribution in [0.15, 0.2) is 66.9 Å². The number of hydrogen-bond acceptors (Lipinski definition) is 6. The average molecular weight is 560 g/mol. The van der Waals surface area contributed by atoms with Crippen molar-refractivity contribution in [3.05, 3.63) is 89.6 Å². The van der Waals surface area contributed by atoms with Gasteiger partial charge in [0.2, 0.25) is 0 Å². The van der Waals surface area contributed by atoms with Crippen LogP contribution in [0.2, 0.25) is 0 Å². The van der Waals surface area contributed by atoms with Crippen molar-refractivity contribution in [2.75, 3.05) is 18.4 Å². The molecule has 41 heavy (non-hydrogen) atoms. The molecule has 1 saturated carbocycles. The number of anilines is 2. The summed E-state index contributed by atoms with van der Waals surface area (Å²) in [6, 6.07) is 15.7. The lowest BCUT2D eigenvalue weighted by Crippen LogP contribution is -2.46. The number of aliphatic hydroxyl groups excluding tert-OH is 1. The second kappa shape index (κ2) is 12.4. The zero-order chi connectivity index (χ0) is 28.9. The number of amides is 2. The second-order valence-electron chi connectivity index (χ2n) is 10.1. The number of unbranched alkanes of at least 4 members (excludes halogenated alkanes) is 1. The molecule has 0 atom stereocenters. The van der Waals surface area contributed by atoms with E-state index < -0.39 is 23.6 Å². The molecule has 1 aliphatic carbocycles. The Morgan fingerprint density at radius 3 is 2.44 bits per heavy atom. The van der Waals surface area contributed by atoms with Gasteiger partial charge in [-0.05, 0) is 68.1 Å². The summed E-state index contributed by atoms with van der Waals surface area (Å²) < 4.78 is 30.4. The van der Waals surface area contributed by atoms with Gasteiger partial charge in [0.05, 0.1) is 28.4 Å². The lowest BCUT2D eigenvalue weighted by molar-refractivity contribution is 0.0563. The van der Waals surface area contributed by atoms with Gasteiger partial charge in [0, 0.05) is 41.5 Å². The first-order chi connectivity index (χ1) is 19.8. The summed E-state index contributed by atoms with van der Waals surface area (Å²) in [6.45, 7) is 0.878. The van der Waals surface area contributed by atoms with E-state index in [0.29, 0.717) is 54.6 Å². The highest BCUT2D eigenvalue weighted by atomic mass is 19.1. The van der Waals surface area contributed by atoms with Crippen LogP contribution in [0.4, 0.5) is 20.2 Å². The number of pyridine rings is 1. The molecule has 3 aromatic carbocycles. The highest BCUT2D eigenvalue weighted by Gasteiger charge is 2.30. The van der Waals surface area contributed by atoms with E-state index in [4.69, 9.17) is 5.73 Å². The highest BCUT2D eigenvalue weighted by Crippen LogP contribution is 2.35. The molecule has 0 bridgehead atoms. The van der Waals surface area contributed by atoms with E-state index in [9.17, 15) is 14.7 Å². The monoisotopic (exact) mass is 559 g/mol. The van der Waals surface area contributed by atoms with Crippen LogP contribution in [-0.2, 0) is 0 Å². The summed E-state index contributed by atoms with van der Waals surface area (Å²) in [6.07, 6.45) is 3.31. The number of aliphatic hydroxyl groups is 1. The molecule has 0 radical (unpaired) electrons.